The lowest BCUT2D eigenvalue weighted by Gasteiger charge is -1.93. The van der Waals surface area contributed by atoms with Gasteiger partial charge in [-0.2, -0.15) is 0 Å². The van der Waals surface area contributed by atoms with Gasteiger partial charge in [-0.25, -0.2) is 4.98 Å². The van der Waals surface area contributed by atoms with Crippen molar-refractivity contribution >= 4 is 11.6 Å². The predicted molar refractivity (Wildman–Crippen MR) is 73.4 cm³/mol. The van der Waals surface area contributed by atoms with Crippen molar-refractivity contribution < 1.29 is 4.42 Å². The van der Waals surface area contributed by atoms with E-state index in [0.29, 0.717) is 5.89 Å². The SMILES string of the molecule is C=Cc1oc(C)nc1/C(C)=C\C.CC.CC. The number of rotatable bonds is 2. The molecule has 0 aliphatic rings. The zero-order chi connectivity index (χ0) is 13.1. The average Bonchev–Trinajstić information content (AvgIpc) is 2.74. The van der Waals surface area contributed by atoms with Gasteiger partial charge in [0.2, 0.25) is 0 Å². The molecule has 1 rings (SSSR count). The number of aromatic nitrogens is 1. The molecule has 92 valence electrons. The molecule has 0 amide bonds. The minimum atomic E-state index is 0.682. The lowest BCUT2D eigenvalue weighted by molar-refractivity contribution is 0.513. The molecule has 0 saturated heterocycles. The van der Waals surface area contributed by atoms with Gasteiger partial charge in [-0.05, 0) is 25.5 Å². The molecule has 0 aliphatic carbocycles. The van der Waals surface area contributed by atoms with Gasteiger partial charge in [0.1, 0.15) is 5.69 Å². The van der Waals surface area contributed by atoms with Crippen molar-refractivity contribution in [2.24, 2.45) is 0 Å². The molecule has 0 unspecified atom stereocenters. The van der Waals surface area contributed by atoms with Gasteiger partial charge in [0, 0.05) is 6.92 Å². The minimum Gasteiger partial charge on any atom is -0.441 e. The standard InChI is InChI=1S/C10H13NO.2C2H6/c1-5-7(3)10-9(6-2)12-8(4)11-10;2*1-2/h5-6H,2H2,1,3-4H3;2*1-2H3/b7-5-;;. The molecular weight excluding hydrogens is 198 g/mol. The van der Waals surface area contributed by atoms with E-state index >= 15 is 0 Å². The van der Waals surface area contributed by atoms with E-state index in [1.165, 1.54) is 0 Å². The van der Waals surface area contributed by atoms with Crippen molar-refractivity contribution in [3.63, 3.8) is 0 Å². The molecule has 0 atom stereocenters. The van der Waals surface area contributed by atoms with Gasteiger partial charge in [-0.1, -0.05) is 40.3 Å². The minimum absolute atomic E-state index is 0.682. The highest BCUT2D eigenvalue weighted by molar-refractivity contribution is 5.67. The molecule has 1 heterocycles. The van der Waals surface area contributed by atoms with E-state index in [0.717, 1.165) is 17.0 Å². The van der Waals surface area contributed by atoms with Crippen molar-refractivity contribution in [1.29, 1.82) is 0 Å². The summed E-state index contributed by atoms with van der Waals surface area (Å²) in [6.07, 6.45) is 3.69. The smallest absolute Gasteiger partial charge is 0.192 e. The number of aryl methyl sites for hydroxylation is 1. The lowest BCUT2D eigenvalue weighted by Crippen LogP contribution is -1.82. The van der Waals surface area contributed by atoms with Gasteiger partial charge < -0.3 is 4.42 Å². The van der Waals surface area contributed by atoms with Crippen LogP contribution in [0.1, 0.15) is 58.9 Å². The second kappa shape index (κ2) is 10.2. The van der Waals surface area contributed by atoms with Crippen LogP contribution in [-0.2, 0) is 0 Å². The third-order valence-electron chi connectivity index (χ3n) is 1.75. The van der Waals surface area contributed by atoms with Crippen LogP contribution in [0.15, 0.2) is 17.1 Å². The molecule has 16 heavy (non-hydrogen) atoms. The maximum Gasteiger partial charge on any atom is 0.192 e. The van der Waals surface area contributed by atoms with Crippen LogP contribution in [0.4, 0.5) is 0 Å². The zero-order valence-electron chi connectivity index (χ0n) is 11.7. The first-order chi connectivity index (χ1) is 7.69. The topological polar surface area (TPSA) is 26.0 Å². The quantitative estimate of drug-likeness (QED) is 0.697. The van der Waals surface area contributed by atoms with Gasteiger partial charge in [0.05, 0.1) is 0 Å². The van der Waals surface area contributed by atoms with Crippen molar-refractivity contribution in [1.82, 2.24) is 4.98 Å². The van der Waals surface area contributed by atoms with E-state index in [4.69, 9.17) is 4.42 Å². The fraction of sp³-hybridized carbons (Fsp3) is 0.500. The summed E-state index contributed by atoms with van der Waals surface area (Å²) in [4.78, 5) is 4.25. The fourth-order valence-corrected chi connectivity index (χ4v) is 1.00. The molecular formula is C14H25NO. The summed E-state index contributed by atoms with van der Waals surface area (Å²) >= 11 is 0. The van der Waals surface area contributed by atoms with Crippen LogP contribution in [0, 0.1) is 6.92 Å². The van der Waals surface area contributed by atoms with E-state index in [1.807, 2.05) is 54.5 Å². The molecule has 0 fully saturated rings. The lowest BCUT2D eigenvalue weighted by atomic mass is 10.2. The second-order valence-corrected chi connectivity index (χ2v) is 2.62. The van der Waals surface area contributed by atoms with E-state index in [9.17, 15) is 0 Å². The van der Waals surface area contributed by atoms with Crippen LogP contribution in [0.2, 0.25) is 0 Å². The van der Waals surface area contributed by atoms with Crippen LogP contribution < -0.4 is 0 Å². The predicted octanol–water partition coefficient (Wildman–Crippen LogP) is 5.10. The highest BCUT2D eigenvalue weighted by Gasteiger charge is 2.07. The Bertz CT molecular complexity index is 321. The third kappa shape index (κ3) is 4.96. The second-order valence-electron chi connectivity index (χ2n) is 2.62. The molecule has 2 heteroatoms. The van der Waals surface area contributed by atoms with Crippen LogP contribution in [0.5, 0.6) is 0 Å². The largest absolute Gasteiger partial charge is 0.441 e. The van der Waals surface area contributed by atoms with Crippen molar-refractivity contribution in [2.75, 3.05) is 0 Å². The summed E-state index contributed by atoms with van der Waals surface area (Å²) in [6, 6.07) is 0. The molecule has 0 bridgehead atoms. The number of allylic oxidation sites excluding steroid dienone is 2. The van der Waals surface area contributed by atoms with Gasteiger partial charge in [0.15, 0.2) is 11.7 Å². The molecule has 1 aromatic heterocycles. The summed E-state index contributed by atoms with van der Waals surface area (Å²) in [7, 11) is 0. The van der Waals surface area contributed by atoms with Crippen LogP contribution in [0.25, 0.3) is 11.6 Å². The van der Waals surface area contributed by atoms with Gasteiger partial charge in [-0.3, -0.25) is 0 Å². The molecule has 0 N–H and O–H groups in total. The van der Waals surface area contributed by atoms with Crippen LogP contribution >= 0.6 is 0 Å². The molecule has 2 nitrogen and oxygen atoms in total. The average molecular weight is 223 g/mol. The van der Waals surface area contributed by atoms with Crippen molar-refractivity contribution in [3.8, 4) is 0 Å². The van der Waals surface area contributed by atoms with Crippen LogP contribution in [0.3, 0.4) is 0 Å². The summed E-state index contributed by atoms with van der Waals surface area (Å²) in [5.74, 6) is 1.43. The van der Waals surface area contributed by atoms with Crippen LogP contribution in [-0.4, -0.2) is 4.98 Å². The Kier molecular flexibility index (Phi) is 10.9. The van der Waals surface area contributed by atoms with E-state index in [-0.39, 0.29) is 0 Å². The highest BCUT2D eigenvalue weighted by atomic mass is 16.4. The number of nitrogens with zero attached hydrogens (tertiary/aromatic N) is 1. The van der Waals surface area contributed by atoms with Gasteiger partial charge >= 0.3 is 0 Å². The maximum atomic E-state index is 5.32. The molecule has 1 aromatic rings. The van der Waals surface area contributed by atoms with Gasteiger partial charge in [0.25, 0.3) is 0 Å². The number of oxazole rings is 1. The highest BCUT2D eigenvalue weighted by Crippen LogP contribution is 2.19. The Morgan fingerprint density at radius 1 is 1.25 bits per heavy atom. The maximum absolute atomic E-state index is 5.32. The Balaban J connectivity index is 0. The summed E-state index contributed by atoms with van der Waals surface area (Å²) in [6.45, 7) is 17.5. The molecule has 0 saturated carbocycles. The number of hydrogen-bond acceptors (Lipinski definition) is 2. The Morgan fingerprint density at radius 2 is 1.75 bits per heavy atom. The fourth-order valence-electron chi connectivity index (χ4n) is 1.00. The zero-order valence-corrected chi connectivity index (χ0v) is 11.7. The first-order valence-electron chi connectivity index (χ1n) is 5.92. The molecule has 0 radical (unpaired) electrons. The molecule has 0 spiro atoms. The Labute approximate surface area is 100 Å². The van der Waals surface area contributed by atoms with E-state index in [1.54, 1.807) is 6.08 Å². The normalized spacial score (nSPS) is 9.56. The third-order valence-corrected chi connectivity index (χ3v) is 1.75. The Hall–Kier alpha value is -1.31. The Morgan fingerprint density at radius 3 is 2.12 bits per heavy atom. The summed E-state index contributed by atoms with van der Waals surface area (Å²) in [5.41, 5.74) is 2.01. The van der Waals surface area contributed by atoms with Crippen molar-refractivity contribution in [3.05, 3.63) is 30.0 Å². The van der Waals surface area contributed by atoms with E-state index in [2.05, 4.69) is 11.6 Å². The van der Waals surface area contributed by atoms with Gasteiger partial charge in [-0.15, -0.1) is 0 Å². The van der Waals surface area contributed by atoms with Crippen molar-refractivity contribution in [2.45, 2.75) is 48.5 Å². The number of hydrogen-bond donors (Lipinski definition) is 0. The first-order valence-corrected chi connectivity index (χ1v) is 5.92. The summed E-state index contributed by atoms with van der Waals surface area (Å²) in [5, 5.41) is 0. The molecule has 0 aliphatic heterocycles. The monoisotopic (exact) mass is 223 g/mol. The first kappa shape index (κ1) is 17.1. The molecule has 0 aromatic carbocycles. The summed E-state index contributed by atoms with van der Waals surface area (Å²) < 4.78 is 5.32. The van der Waals surface area contributed by atoms with E-state index < -0.39 is 0 Å².